The van der Waals surface area contributed by atoms with Gasteiger partial charge in [-0.25, -0.2) is 0 Å². The van der Waals surface area contributed by atoms with Crippen molar-refractivity contribution >= 4 is 27.0 Å². The number of benzene rings is 4. The van der Waals surface area contributed by atoms with Crippen LogP contribution < -0.4 is 35.2 Å². The maximum atomic E-state index is 2.51. The second kappa shape index (κ2) is 14.7. The van der Waals surface area contributed by atoms with Crippen molar-refractivity contribution in [3.05, 3.63) is 141 Å². The fourth-order valence-corrected chi connectivity index (χ4v) is 34.3. The molecule has 2 atom stereocenters. The average molecular weight is 743 g/mol. The van der Waals surface area contributed by atoms with E-state index in [9.17, 15) is 0 Å². The molecule has 4 heteroatoms. The second-order valence-electron chi connectivity index (χ2n) is 13.9. The molecule has 0 nitrogen and oxygen atoms in total. The molecular formula is C42H48Cl2SiZr. The number of hydrogen-bond donors (Lipinski definition) is 0. The van der Waals surface area contributed by atoms with Crippen LogP contribution in [0, 0.1) is 13.8 Å². The maximum Gasteiger partial charge on any atom is -1.00 e. The van der Waals surface area contributed by atoms with Gasteiger partial charge in [-0.1, -0.05) is 0 Å². The molecule has 0 saturated heterocycles. The minimum atomic E-state index is -2.65. The molecule has 6 rings (SSSR count). The first-order valence-electron chi connectivity index (χ1n) is 16.5. The molecule has 0 radical (unpaired) electrons. The van der Waals surface area contributed by atoms with Gasteiger partial charge in [0.2, 0.25) is 0 Å². The van der Waals surface area contributed by atoms with E-state index in [0.29, 0.717) is 19.1 Å². The van der Waals surface area contributed by atoms with Crippen molar-refractivity contribution in [3.63, 3.8) is 0 Å². The number of allylic oxidation sites excluding steroid dienone is 4. The molecule has 0 heterocycles. The predicted octanol–water partition coefficient (Wildman–Crippen LogP) is 4.38. The maximum absolute atomic E-state index is 2.65. The minimum absolute atomic E-state index is 0. The standard InChI is InChI=1S/2C15H19.C12H10Si.2ClH.Zr/c2*1-9(2)13-7-6-10(3)14-8-11(4)12(5)15(13)14;1-3-7-11(8-4-1)13-12-9-5-2-6-10-12;;;/h2*6-9H,1-5H3;1-10H;2*1H;/q;;;;;+2/p-2. The normalized spacial score (nSPS) is 16.6. The third kappa shape index (κ3) is 6.07. The number of halogens is 2. The summed E-state index contributed by atoms with van der Waals surface area (Å²) in [7, 11) is 0. The first-order valence-corrected chi connectivity index (χ1v) is 24.5. The molecule has 4 aromatic rings. The van der Waals surface area contributed by atoms with Gasteiger partial charge in [0, 0.05) is 0 Å². The molecule has 0 aromatic heterocycles. The van der Waals surface area contributed by atoms with Gasteiger partial charge in [-0.15, -0.1) is 0 Å². The molecule has 0 spiro atoms. The summed E-state index contributed by atoms with van der Waals surface area (Å²) in [6.45, 7) is 24.2. The van der Waals surface area contributed by atoms with E-state index in [1.165, 1.54) is 22.3 Å². The summed E-state index contributed by atoms with van der Waals surface area (Å²) >= 11 is -2.65. The molecule has 2 aliphatic rings. The summed E-state index contributed by atoms with van der Waals surface area (Å²) in [5.41, 5.74) is 18.0. The number of rotatable bonds is 6. The third-order valence-corrected chi connectivity index (χ3v) is 31.6. The Morgan fingerprint density at radius 3 is 1.17 bits per heavy atom. The number of hydrogen-bond acceptors (Lipinski definition) is 0. The zero-order valence-corrected chi connectivity index (χ0v) is 34.1. The van der Waals surface area contributed by atoms with Gasteiger partial charge in [0.1, 0.15) is 0 Å². The van der Waals surface area contributed by atoms with Crippen molar-refractivity contribution in [3.8, 4) is 0 Å². The third-order valence-electron chi connectivity index (χ3n) is 10.6. The van der Waals surface area contributed by atoms with E-state index in [1.807, 2.05) is 0 Å². The molecule has 2 aliphatic carbocycles. The summed E-state index contributed by atoms with van der Waals surface area (Å²) in [5.74, 6) is 1.02. The van der Waals surface area contributed by atoms with Gasteiger partial charge in [-0.3, -0.25) is 0 Å². The molecule has 238 valence electrons. The quantitative estimate of drug-likeness (QED) is 0.258. The van der Waals surface area contributed by atoms with Crippen LogP contribution in [0.3, 0.4) is 0 Å². The van der Waals surface area contributed by atoms with Crippen LogP contribution in [-0.4, -0.2) is 5.43 Å². The van der Waals surface area contributed by atoms with Crippen LogP contribution in [0.1, 0.15) is 119 Å². The van der Waals surface area contributed by atoms with Crippen molar-refractivity contribution in [1.29, 1.82) is 0 Å². The zero-order chi connectivity index (χ0) is 31.4. The first kappa shape index (κ1) is 36.9. The Balaban J connectivity index is 0.00000240. The SMILES string of the molecule is CC1=C(C)[CH]([Zr+2]([CH]2C(C)=C(C)c3c(C(C)C)ccc(C)c32)=[Si](c2ccccc2)c2ccccc2)c2c(C)ccc(C(C)C)c21.[Cl-].[Cl-]. The van der Waals surface area contributed by atoms with Gasteiger partial charge in [-0.2, -0.15) is 0 Å². The molecule has 0 bridgehead atoms. The summed E-state index contributed by atoms with van der Waals surface area (Å²) in [4.78, 5) is 0. The van der Waals surface area contributed by atoms with Crippen LogP contribution in [0.2, 0.25) is 0 Å². The van der Waals surface area contributed by atoms with Crippen LogP contribution in [0.25, 0.3) is 11.1 Å². The Hall–Kier alpha value is -1.96. The van der Waals surface area contributed by atoms with Gasteiger partial charge < -0.3 is 24.8 Å². The topological polar surface area (TPSA) is 0 Å². The Labute approximate surface area is 298 Å². The molecule has 0 amide bonds. The van der Waals surface area contributed by atoms with Crippen molar-refractivity contribution < 1.29 is 45.2 Å². The Morgan fingerprint density at radius 2 is 0.848 bits per heavy atom. The van der Waals surface area contributed by atoms with E-state index in [1.54, 1.807) is 54.9 Å². The molecule has 0 aliphatic heterocycles. The monoisotopic (exact) mass is 740 g/mol. The van der Waals surface area contributed by atoms with E-state index in [0.717, 1.165) is 0 Å². The first-order chi connectivity index (χ1) is 21.0. The Kier molecular flexibility index (Phi) is 11.7. The van der Waals surface area contributed by atoms with Gasteiger partial charge in [0.15, 0.2) is 0 Å². The molecule has 0 fully saturated rings. The van der Waals surface area contributed by atoms with E-state index in [4.69, 9.17) is 0 Å². The van der Waals surface area contributed by atoms with Gasteiger partial charge >= 0.3 is 276 Å². The minimum Gasteiger partial charge on any atom is -1.00 e. The Morgan fingerprint density at radius 1 is 0.500 bits per heavy atom. The van der Waals surface area contributed by atoms with Crippen LogP contribution in [0.15, 0.2) is 96.1 Å². The van der Waals surface area contributed by atoms with Gasteiger partial charge in [0.05, 0.1) is 0 Å². The largest absolute Gasteiger partial charge is 1.00 e. The van der Waals surface area contributed by atoms with Crippen LogP contribution in [0.4, 0.5) is 0 Å². The number of fused-ring (bicyclic) bond motifs is 2. The summed E-state index contributed by atoms with van der Waals surface area (Å²) < 4.78 is 1.11. The van der Waals surface area contributed by atoms with Crippen LogP contribution in [0.5, 0.6) is 0 Å². The van der Waals surface area contributed by atoms with Crippen LogP contribution >= 0.6 is 0 Å². The second-order valence-corrected chi connectivity index (χ2v) is 28.0. The molecule has 0 saturated carbocycles. The van der Waals surface area contributed by atoms with Gasteiger partial charge in [-0.05, 0) is 0 Å². The average Bonchev–Trinajstić information content (AvgIpc) is 3.43. The van der Waals surface area contributed by atoms with E-state index < -0.39 is 25.8 Å². The van der Waals surface area contributed by atoms with E-state index >= 15 is 0 Å². The molecule has 4 aromatic carbocycles. The summed E-state index contributed by atoms with van der Waals surface area (Å²) in [6.07, 6.45) is 0. The number of aryl methyl sites for hydroxylation is 2. The van der Waals surface area contributed by atoms with Gasteiger partial charge in [0.25, 0.3) is 0 Å². The smallest absolute Gasteiger partial charge is 1.00 e. The van der Waals surface area contributed by atoms with Crippen molar-refractivity contribution in [1.82, 2.24) is 0 Å². The molecule has 46 heavy (non-hydrogen) atoms. The van der Waals surface area contributed by atoms with Crippen molar-refractivity contribution in [2.24, 2.45) is 0 Å². The predicted molar refractivity (Wildman–Crippen MR) is 190 cm³/mol. The van der Waals surface area contributed by atoms with E-state index in [-0.39, 0.29) is 24.8 Å². The molecule has 2 unspecified atom stereocenters. The van der Waals surface area contributed by atoms with Crippen LogP contribution in [-0.2, 0) is 20.4 Å². The molecular weight excluding hydrogens is 695 g/mol. The zero-order valence-electron chi connectivity index (χ0n) is 29.1. The van der Waals surface area contributed by atoms with Crippen molar-refractivity contribution in [2.75, 3.05) is 0 Å². The van der Waals surface area contributed by atoms with E-state index in [2.05, 4.69) is 154 Å². The molecule has 0 N–H and O–H groups in total. The fraction of sp³-hybridized carbons (Fsp3) is 0.333. The summed E-state index contributed by atoms with van der Waals surface area (Å²) in [6, 6.07) is 33.2. The summed E-state index contributed by atoms with van der Waals surface area (Å²) in [5, 5.41) is 3.21. The van der Waals surface area contributed by atoms with Crippen molar-refractivity contribution in [2.45, 2.75) is 88.3 Å². The Bertz CT molecular complexity index is 1730. The fourth-order valence-electron chi connectivity index (χ4n) is 8.23.